The van der Waals surface area contributed by atoms with E-state index in [1.54, 1.807) is 0 Å². The van der Waals surface area contributed by atoms with E-state index in [9.17, 15) is 27.9 Å². The fourth-order valence-electron chi connectivity index (χ4n) is 4.19. The molecule has 198 valence electrons. The molecule has 1 saturated heterocycles. The van der Waals surface area contributed by atoms with Gasteiger partial charge in [0.25, 0.3) is 11.7 Å². The van der Waals surface area contributed by atoms with E-state index in [2.05, 4.69) is 0 Å². The molecule has 1 N–H and O–H groups in total. The SMILES string of the molecule is COc1c(Cl)cc(/C(O)=C2\C(=O)C(=O)N(c3ccc(C(F)(F)F)cc3)C2c2ccccc2F)c(OC)c1Cl. The van der Waals surface area contributed by atoms with Crippen LogP contribution in [0.25, 0.3) is 5.76 Å². The highest BCUT2D eigenvalue weighted by molar-refractivity contribution is 6.52. The molecule has 0 aliphatic carbocycles. The Labute approximate surface area is 223 Å². The molecule has 1 amide bonds. The summed E-state index contributed by atoms with van der Waals surface area (Å²) < 4.78 is 64.8. The first kappa shape index (κ1) is 27.3. The topological polar surface area (TPSA) is 76.1 Å². The van der Waals surface area contributed by atoms with Gasteiger partial charge in [-0.15, -0.1) is 0 Å². The number of carbonyl (C=O) groups is 2. The molecule has 4 rings (SSSR count). The molecule has 0 spiro atoms. The van der Waals surface area contributed by atoms with Crippen LogP contribution in [0, 0.1) is 5.82 Å². The van der Waals surface area contributed by atoms with Gasteiger partial charge >= 0.3 is 6.18 Å². The van der Waals surface area contributed by atoms with Crippen molar-refractivity contribution in [3.63, 3.8) is 0 Å². The Kier molecular flexibility index (Phi) is 7.31. The van der Waals surface area contributed by atoms with Crippen molar-refractivity contribution in [3.05, 3.63) is 92.7 Å². The molecule has 1 fully saturated rings. The molecule has 3 aromatic carbocycles. The van der Waals surface area contributed by atoms with Crippen LogP contribution in [-0.2, 0) is 15.8 Å². The average Bonchev–Trinajstić information content (AvgIpc) is 3.13. The highest BCUT2D eigenvalue weighted by Crippen LogP contribution is 2.48. The van der Waals surface area contributed by atoms with Gasteiger partial charge in [-0.25, -0.2) is 4.39 Å². The predicted octanol–water partition coefficient (Wildman–Crippen LogP) is 6.79. The first-order valence-corrected chi connectivity index (χ1v) is 11.5. The zero-order chi connectivity index (χ0) is 27.9. The molecular weight excluding hydrogens is 553 g/mol. The van der Waals surface area contributed by atoms with E-state index in [0.29, 0.717) is 0 Å². The van der Waals surface area contributed by atoms with Crippen molar-refractivity contribution in [2.24, 2.45) is 0 Å². The molecule has 0 aromatic heterocycles. The van der Waals surface area contributed by atoms with Gasteiger partial charge in [-0.1, -0.05) is 41.4 Å². The van der Waals surface area contributed by atoms with Gasteiger partial charge in [0.1, 0.15) is 16.6 Å². The number of benzene rings is 3. The maximum atomic E-state index is 15.0. The number of methoxy groups -OCH3 is 2. The van der Waals surface area contributed by atoms with E-state index in [0.717, 1.165) is 35.2 Å². The van der Waals surface area contributed by atoms with Gasteiger partial charge in [-0.3, -0.25) is 14.5 Å². The van der Waals surface area contributed by atoms with Gasteiger partial charge in [0, 0.05) is 11.3 Å². The summed E-state index contributed by atoms with van der Waals surface area (Å²) in [5.74, 6) is -4.20. The summed E-state index contributed by atoms with van der Waals surface area (Å²) in [4.78, 5) is 27.3. The summed E-state index contributed by atoms with van der Waals surface area (Å²) in [6.45, 7) is 0. The molecular formula is C26H17Cl2F4NO5. The number of anilines is 1. The number of amides is 1. The number of alkyl halides is 3. The van der Waals surface area contributed by atoms with E-state index in [-0.39, 0.29) is 38.4 Å². The monoisotopic (exact) mass is 569 g/mol. The van der Waals surface area contributed by atoms with Gasteiger partial charge < -0.3 is 14.6 Å². The molecule has 1 unspecified atom stereocenters. The van der Waals surface area contributed by atoms with Crippen LogP contribution in [0.5, 0.6) is 11.5 Å². The molecule has 0 radical (unpaired) electrons. The van der Waals surface area contributed by atoms with E-state index in [1.807, 2.05) is 0 Å². The van der Waals surface area contributed by atoms with Crippen molar-refractivity contribution >= 4 is 46.3 Å². The molecule has 1 aliphatic heterocycles. The maximum absolute atomic E-state index is 15.0. The Morgan fingerprint density at radius 2 is 1.58 bits per heavy atom. The minimum absolute atomic E-state index is 0.0117. The van der Waals surface area contributed by atoms with E-state index < -0.39 is 46.6 Å². The lowest BCUT2D eigenvalue weighted by molar-refractivity contribution is -0.137. The Bertz CT molecular complexity index is 1470. The number of halogens is 6. The number of ketones is 1. The number of nitrogens with zero attached hydrogens (tertiary/aromatic N) is 1. The molecule has 1 heterocycles. The summed E-state index contributed by atoms with van der Waals surface area (Å²) in [5.41, 5.74) is -2.08. The van der Waals surface area contributed by atoms with Crippen molar-refractivity contribution in [2.45, 2.75) is 12.2 Å². The minimum atomic E-state index is -4.65. The number of hydrogen-bond acceptors (Lipinski definition) is 5. The van der Waals surface area contributed by atoms with E-state index in [1.165, 1.54) is 38.5 Å². The number of aliphatic hydroxyl groups is 1. The number of carbonyl (C=O) groups excluding carboxylic acids is 2. The highest BCUT2D eigenvalue weighted by Gasteiger charge is 2.48. The average molecular weight is 570 g/mol. The molecule has 1 atom stereocenters. The zero-order valence-electron chi connectivity index (χ0n) is 19.6. The highest BCUT2D eigenvalue weighted by atomic mass is 35.5. The Balaban J connectivity index is 2.00. The fourth-order valence-corrected chi connectivity index (χ4v) is 4.88. The molecule has 6 nitrogen and oxygen atoms in total. The molecule has 1 aliphatic rings. The van der Waals surface area contributed by atoms with Crippen molar-refractivity contribution in [1.82, 2.24) is 0 Å². The van der Waals surface area contributed by atoms with E-state index >= 15 is 4.39 Å². The van der Waals surface area contributed by atoms with Crippen LogP contribution in [-0.4, -0.2) is 31.0 Å². The quantitative estimate of drug-likeness (QED) is 0.158. The second-order valence-corrected chi connectivity index (χ2v) is 8.81. The van der Waals surface area contributed by atoms with Crippen molar-refractivity contribution in [3.8, 4) is 11.5 Å². The first-order valence-electron chi connectivity index (χ1n) is 10.7. The maximum Gasteiger partial charge on any atom is 0.416 e. The van der Waals surface area contributed by atoms with Gasteiger partial charge in [0.05, 0.1) is 42.0 Å². The summed E-state index contributed by atoms with van der Waals surface area (Å²) in [6, 6.07) is 8.18. The van der Waals surface area contributed by atoms with Crippen LogP contribution in [0.1, 0.15) is 22.7 Å². The molecule has 38 heavy (non-hydrogen) atoms. The van der Waals surface area contributed by atoms with Gasteiger partial charge in [0.2, 0.25) is 0 Å². The Morgan fingerprint density at radius 3 is 2.13 bits per heavy atom. The number of rotatable bonds is 5. The van der Waals surface area contributed by atoms with Crippen molar-refractivity contribution in [2.75, 3.05) is 19.1 Å². The normalized spacial score (nSPS) is 17.2. The minimum Gasteiger partial charge on any atom is -0.507 e. The Morgan fingerprint density at radius 1 is 0.974 bits per heavy atom. The summed E-state index contributed by atoms with van der Waals surface area (Å²) in [5, 5.41) is 11.1. The van der Waals surface area contributed by atoms with Crippen LogP contribution in [0.15, 0.2) is 60.2 Å². The number of ether oxygens (including phenoxy) is 2. The smallest absolute Gasteiger partial charge is 0.416 e. The lowest BCUT2D eigenvalue weighted by atomic mass is 9.94. The van der Waals surface area contributed by atoms with Crippen LogP contribution in [0.3, 0.4) is 0 Å². The summed E-state index contributed by atoms with van der Waals surface area (Å²) in [7, 11) is 2.51. The predicted molar refractivity (Wildman–Crippen MR) is 132 cm³/mol. The summed E-state index contributed by atoms with van der Waals surface area (Å²) >= 11 is 12.5. The fraction of sp³-hybridized carbons (Fsp3) is 0.154. The number of hydrogen-bond donors (Lipinski definition) is 1. The third-order valence-corrected chi connectivity index (χ3v) is 6.54. The first-order chi connectivity index (χ1) is 17.9. The van der Waals surface area contributed by atoms with Crippen molar-refractivity contribution < 1.29 is 41.7 Å². The van der Waals surface area contributed by atoms with Crippen molar-refractivity contribution in [1.29, 1.82) is 0 Å². The Hall–Kier alpha value is -3.76. The van der Waals surface area contributed by atoms with Crippen LogP contribution in [0.4, 0.5) is 23.2 Å². The zero-order valence-corrected chi connectivity index (χ0v) is 21.1. The molecule has 12 heteroatoms. The standard InChI is InChI=1S/C26H17Cl2F4NO5/c1-37-23-15(11-16(27)24(38-2)19(23)28)21(34)18-20(14-5-3-4-6-17(14)29)33(25(36)22(18)35)13-9-7-12(8-10-13)26(30,31)32/h3-11,20,34H,1-2H3/b21-18+. The molecule has 0 saturated carbocycles. The largest absolute Gasteiger partial charge is 0.507 e. The van der Waals surface area contributed by atoms with Gasteiger partial charge in [0.15, 0.2) is 11.5 Å². The third kappa shape index (κ3) is 4.54. The van der Waals surface area contributed by atoms with Crippen LogP contribution in [0.2, 0.25) is 10.0 Å². The lowest BCUT2D eigenvalue weighted by Gasteiger charge is -2.26. The second-order valence-electron chi connectivity index (χ2n) is 8.02. The second kappa shape index (κ2) is 10.2. The van der Waals surface area contributed by atoms with Crippen LogP contribution >= 0.6 is 23.2 Å². The lowest BCUT2D eigenvalue weighted by Crippen LogP contribution is -2.30. The van der Waals surface area contributed by atoms with Crippen LogP contribution < -0.4 is 14.4 Å². The third-order valence-electron chi connectivity index (χ3n) is 5.91. The molecule has 3 aromatic rings. The van der Waals surface area contributed by atoms with Gasteiger partial charge in [-0.05, 0) is 36.4 Å². The molecule has 0 bridgehead atoms. The number of aliphatic hydroxyl groups excluding tert-OH is 1. The number of Topliss-reactive ketones (excluding diaryl/α,β-unsaturated/α-hetero) is 1. The van der Waals surface area contributed by atoms with E-state index in [4.69, 9.17) is 32.7 Å². The summed E-state index contributed by atoms with van der Waals surface area (Å²) in [6.07, 6.45) is -4.65. The van der Waals surface area contributed by atoms with Gasteiger partial charge in [-0.2, -0.15) is 13.2 Å².